The Hall–Kier alpha value is -0.610. The lowest BCUT2D eigenvalue weighted by molar-refractivity contribution is -0.144. The van der Waals surface area contributed by atoms with Crippen LogP contribution < -0.4 is 0 Å². The summed E-state index contributed by atoms with van der Waals surface area (Å²) in [6, 6.07) is 0. The number of esters is 1. The molecule has 0 bridgehead atoms. The summed E-state index contributed by atoms with van der Waals surface area (Å²) in [6.45, 7) is 0.572. The number of aliphatic hydroxyl groups is 1. The van der Waals surface area contributed by atoms with Gasteiger partial charge in [-0.3, -0.25) is 4.79 Å². The van der Waals surface area contributed by atoms with E-state index in [0.717, 1.165) is 12.8 Å². The third kappa shape index (κ3) is 1.18. The maximum atomic E-state index is 11.6. The van der Waals surface area contributed by atoms with Gasteiger partial charge in [-0.15, -0.1) is 0 Å². The van der Waals surface area contributed by atoms with E-state index < -0.39 is 6.10 Å². The SMILES string of the molecule is COC1C(O)CC2CC3COC(=O)C3C21. The summed E-state index contributed by atoms with van der Waals surface area (Å²) in [6.07, 6.45) is 1.22. The normalized spacial score (nSPS) is 52.8. The Morgan fingerprint density at radius 1 is 1.40 bits per heavy atom. The molecule has 1 saturated heterocycles. The highest BCUT2D eigenvalue weighted by atomic mass is 16.5. The van der Waals surface area contributed by atoms with Crippen LogP contribution in [0.4, 0.5) is 0 Å². The van der Waals surface area contributed by atoms with E-state index in [4.69, 9.17) is 9.47 Å². The number of fused-ring (bicyclic) bond motifs is 3. The zero-order chi connectivity index (χ0) is 10.6. The first kappa shape index (κ1) is 9.60. The molecule has 1 heterocycles. The minimum atomic E-state index is -0.403. The van der Waals surface area contributed by atoms with Gasteiger partial charge in [0.2, 0.25) is 0 Å². The first-order valence-corrected chi connectivity index (χ1v) is 5.60. The molecule has 0 aromatic rings. The van der Waals surface area contributed by atoms with Gasteiger partial charge in [-0.05, 0) is 18.8 Å². The van der Waals surface area contributed by atoms with Crippen LogP contribution in [0.2, 0.25) is 0 Å². The second-order valence-electron chi connectivity index (χ2n) is 4.99. The molecule has 84 valence electrons. The Morgan fingerprint density at radius 2 is 2.20 bits per heavy atom. The van der Waals surface area contributed by atoms with Gasteiger partial charge in [-0.1, -0.05) is 0 Å². The number of rotatable bonds is 1. The number of hydrogen-bond donors (Lipinski definition) is 1. The number of cyclic esters (lactones) is 1. The molecule has 0 aromatic heterocycles. The molecular weight excluding hydrogens is 196 g/mol. The molecule has 6 atom stereocenters. The predicted octanol–water partition coefficient (Wildman–Crippen LogP) is 0.191. The van der Waals surface area contributed by atoms with E-state index in [1.54, 1.807) is 7.11 Å². The van der Waals surface area contributed by atoms with Crippen molar-refractivity contribution in [2.75, 3.05) is 13.7 Å². The lowest BCUT2D eigenvalue weighted by Gasteiger charge is -2.23. The lowest BCUT2D eigenvalue weighted by Crippen LogP contribution is -2.34. The van der Waals surface area contributed by atoms with Crippen LogP contribution in [-0.4, -0.2) is 37.0 Å². The molecule has 0 radical (unpaired) electrons. The average molecular weight is 212 g/mol. The first-order valence-electron chi connectivity index (χ1n) is 5.60. The maximum absolute atomic E-state index is 11.6. The van der Waals surface area contributed by atoms with Crippen LogP contribution in [0.25, 0.3) is 0 Å². The number of ether oxygens (including phenoxy) is 2. The molecule has 15 heavy (non-hydrogen) atoms. The Kier molecular flexibility index (Phi) is 2.04. The minimum Gasteiger partial charge on any atom is -0.465 e. The van der Waals surface area contributed by atoms with Crippen LogP contribution in [0.5, 0.6) is 0 Å². The predicted molar refractivity (Wildman–Crippen MR) is 51.0 cm³/mol. The molecule has 0 aromatic carbocycles. The largest absolute Gasteiger partial charge is 0.465 e. The Bertz CT molecular complexity index is 290. The van der Waals surface area contributed by atoms with E-state index in [0.29, 0.717) is 18.4 Å². The molecule has 3 rings (SSSR count). The van der Waals surface area contributed by atoms with E-state index >= 15 is 0 Å². The van der Waals surface area contributed by atoms with Crippen LogP contribution in [0.1, 0.15) is 12.8 Å². The zero-order valence-corrected chi connectivity index (χ0v) is 8.76. The van der Waals surface area contributed by atoms with Crippen LogP contribution in [0.3, 0.4) is 0 Å². The molecule has 3 fully saturated rings. The van der Waals surface area contributed by atoms with Gasteiger partial charge in [0.05, 0.1) is 24.7 Å². The highest BCUT2D eigenvalue weighted by Crippen LogP contribution is 2.53. The molecule has 6 unspecified atom stereocenters. The molecule has 2 saturated carbocycles. The molecule has 1 N–H and O–H groups in total. The smallest absolute Gasteiger partial charge is 0.309 e. The summed E-state index contributed by atoms with van der Waals surface area (Å²) in [7, 11) is 1.61. The highest BCUT2D eigenvalue weighted by molar-refractivity contribution is 5.76. The molecule has 4 heteroatoms. The summed E-state index contributed by atoms with van der Waals surface area (Å²) < 4.78 is 10.4. The molecule has 0 spiro atoms. The van der Waals surface area contributed by atoms with E-state index in [1.165, 1.54) is 0 Å². The second-order valence-corrected chi connectivity index (χ2v) is 4.99. The van der Waals surface area contributed by atoms with Crippen molar-refractivity contribution in [3.8, 4) is 0 Å². The van der Waals surface area contributed by atoms with Gasteiger partial charge in [0.15, 0.2) is 0 Å². The van der Waals surface area contributed by atoms with Crippen molar-refractivity contribution in [1.29, 1.82) is 0 Å². The number of aliphatic hydroxyl groups excluding tert-OH is 1. The van der Waals surface area contributed by atoms with Gasteiger partial charge in [-0.25, -0.2) is 0 Å². The third-order valence-electron chi connectivity index (χ3n) is 4.36. The van der Waals surface area contributed by atoms with E-state index in [1.807, 2.05) is 0 Å². The quantitative estimate of drug-likeness (QED) is 0.630. The van der Waals surface area contributed by atoms with Crippen molar-refractivity contribution in [3.05, 3.63) is 0 Å². The van der Waals surface area contributed by atoms with Gasteiger partial charge >= 0.3 is 5.97 Å². The fourth-order valence-electron chi connectivity index (χ4n) is 3.85. The maximum Gasteiger partial charge on any atom is 0.309 e. The number of carbonyl (C=O) groups is 1. The minimum absolute atomic E-state index is 0.0166. The van der Waals surface area contributed by atoms with Gasteiger partial charge in [0, 0.05) is 18.9 Å². The van der Waals surface area contributed by atoms with E-state index in [2.05, 4.69) is 0 Å². The third-order valence-corrected chi connectivity index (χ3v) is 4.36. The Balaban J connectivity index is 1.89. The van der Waals surface area contributed by atoms with Crippen molar-refractivity contribution in [2.24, 2.45) is 23.7 Å². The van der Waals surface area contributed by atoms with Gasteiger partial charge in [-0.2, -0.15) is 0 Å². The summed E-state index contributed by atoms with van der Waals surface area (Å²) in [5.41, 5.74) is 0. The number of carbonyl (C=O) groups excluding carboxylic acids is 1. The lowest BCUT2D eigenvalue weighted by atomic mass is 9.88. The summed E-state index contributed by atoms with van der Waals surface area (Å²) in [5.74, 6) is 0.913. The second kappa shape index (κ2) is 3.19. The Labute approximate surface area is 88.6 Å². The number of methoxy groups -OCH3 is 1. The van der Waals surface area contributed by atoms with Crippen LogP contribution in [0.15, 0.2) is 0 Å². The summed E-state index contributed by atoms with van der Waals surface area (Å²) in [4.78, 5) is 11.6. The van der Waals surface area contributed by atoms with E-state index in [9.17, 15) is 9.90 Å². The average Bonchev–Trinajstić information content (AvgIpc) is 2.78. The standard InChI is InChI=1S/C11H16O4/c1-14-10-7(12)3-5-2-6-4-15-11(13)9(6)8(5)10/h5-10,12H,2-4H2,1H3. The van der Waals surface area contributed by atoms with Crippen molar-refractivity contribution in [2.45, 2.75) is 25.0 Å². The molecule has 1 aliphatic heterocycles. The highest BCUT2D eigenvalue weighted by Gasteiger charge is 2.59. The fraction of sp³-hybridized carbons (Fsp3) is 0.909. The molecule has 3 aliphatic rings. The molecule has 4 nitrogen and oxygen atoms in total. The Morgan fingerprint density at radius 3 is 2.93 bits per heavy atom. The van der Waals surface area contributed by atoms with Crippen molar-refractivity contribution < 1.29 is 19.4 Å². The van der Waals surface area contributed by atoms with Gasteiger partial charge in [0.25, 0.3) is 0 Å². The molecule has 0 amide bonds. The molecular formula is C11H16O4. The monoisotopic (exact) mass is 212 g/mol. The van der Waals surface area contributed by atoms with E-state index in [-0.39, 0.29) is 23.9 Å². The van der Waals surface area contributed by atoms with Crippen molar-refractivity contribution in [1.82, 2.24) is 0 Å². The fourth-order valence-corrected chi connectivity index (χ4v) is 3.85. The van der Waals surface area contributed by atoms with Crippen molar-refractivity contribution >= 4 is 5.97 Å². The van der Waals surface area contributed by atoms with Crippen molar-refractivity contribution in [3.63, 3.8) is 0 Å². The topological polar surface area (TPSA) is 55.8 Å². The summed E-state index contributed by atoms with van der Waals surface area (Å²) in [5, 5.41) is 9.82. The van der Waals surface area contributed by atoms with Crippen LogP contribution >= 0.6 is 0 Å². The van der Waals surface area contributed by atoms with Crippen LogP contribution in [0, 0.1) is 23.7 Å². The zero-order valence-electron chi connectivity index (χ0n) is 8.76. The van der Waals surface area contributed by atoms with Gasteiger partial charge < -0.3 is 14.6 Å². The number of hydrogen-bond acceptors (Lipinski definition) is 4. The summed E-state index contributed by atoms with van der Waals surface area (Å²) >= 11 is 0. The van der Waals surface area contributed by atoms with Crippen LogP contribution in [-0.2, 0) is 14.3 Å². The van der Waals surface area contributed by atoms with Gasteiger partial charge in [0.1, 0.15) is 0 Å². The first-order chi connectivity index (χ1) is 7.22. The molecule has 2 aliphatic carbocycles.